The van der Waals surface area contributed by atoms with E-state index in [1.54, 1.807) is 6.92 Å². The summed E-state index contributed by atoms with van der Waals surface area (Å²) in [5.74, 6) is 0.163. The highest BCUT2D eigenvalue weighted by molar-refractivity contribution is 6.07. The van der Waals surface area contributed by atoms with Crippen molar-refractivity contribution in [2.45, 2.75) is 32.9 Å². The normalized spacial score (nSPS) is 18.4. The minimum absolute atomic E-state index is 0.0439. The Morgan fingerprint density at radius 2 is 1.78 bits per heavy atom. The number of benzene rings is 3. The molecule has 1 aromatic heterocycles. The average molecular weight is 425 g/mol. The van der Waals surface area contributed by atoms with Crippen molar-refractivity contribution in [3.05, 3.63) is 89.3 Å². The highest BCUT2D eigenvalue weighted by Gasteiger charge is 2.49. The molecule has 1 atom stereocenters. The first-order chi connectivity index (χ1) is 15.3. The number of oxazole rings is 1. The van der Waals surface area contributed by atoms with E-state index in [1.165, 1.54) is 11.2 Å². The zero-order valence-corrected chi connectivity index (χ0v) is 18.2. The van der Waals surface area contributed by atoms with Crippen molar-refractivity contribution in [2.24, 2.45) is 0 Å². The van der Waals surface area contributed by atoms with E-state index in [0.717, 1.165) is 33.0 Å². The monoisotopic (exact) mass is 425 g/mol. The Morgan fingerprint density at radius 3 is 2.56 bits per heavy atom. The summed E-state index contributed by atoms with van der Waals surface area (Å²) in [6.45, 7) is 5.81. The number of urea groups is 1. The third-order valence-corrected chi connectivity index (χ3v) is 6.09. The molecule has 2 heterocycles. The van der Waals surface area contributed by atoms with Crippen LogP contribution in [0.4, 0.5) is 4.79 Å². The molecule has 0 spiro atoms. The van der Waals surface area contributed by atoms with E-state index < -0.39 is 11.6 Å². The van der Waals surface area contributed by atoms with Gasteiger partial charge in [0.2, 0.25) is 5.89 Å². The first kappa shape index (κ1) is 20.0. The molecule has 0 bridgehead atoms. The van der Waals surface area contributed by atoms with Crippen LogP contribution in [0.1, 0.15) is 29.3 Å². The molecule has 6 heteroatoms. The van der Waals surface area contributed by atoms with Crippen LogP contribution >= 0.6 is 0 Å². The number of carbonyl (C=O) groups is 2. The quantitative estimate of drug-likeness (QED) is 0.463. The number of imide groups is 1. The van der Waals surface area contributed by atoms with Crippen molar-refractivity contribution in [3.8, 4) is 11.5 Å². The van der Waals surface area contributed by atoms with Crippen LogP contribution in [-0.2, 0) is 16.9 Å². The van der Waals surface area contributed by atoms with Crippen molar-refractivity contribution >= 4 is 22.7 Å². The lowest BCUT2D eigenvalue weighted by molar-refractivity contribution is -0.131. The molecule has 1 N–H and O–H groups in total. The molecule has 0 saturated carbocycles. The number of aromatic nitrogens is 1. The number of amides is 3. The Bertz CT molecular complexity index is 1370. The van der Waals surface area contributed by atoms with Crippen LogP contribution in [0.15, 0.2) is 71.3 Å². The van der Waals surface area contributed by atoms with Crippen LogP contribution in [0.2, 0.25) is 0 Å². The fourth-order valence-corrected chi connectivity index (χ4v) is 4.26. The number of hydrogen-bond acceptors (Lipinski definition) is 4. The van der Waals surface area contributed by atoms with Crippen molar-refractivity contribution in [2.75, 3.05) is 0 Å². The van der Waals surface area contributed by atoms with Gasteiger partial charge >= 0.3 is 6.03 Å². The van der Waals surface area contributed by atoms with Gasteiger partial charge in [0.1, 0.15) is 11.8 Å². The second-order valence-corrected chi connectivity index (χ2v) is 8.47. The maximum absolute atomic E-state index is 13.3. The lowest BCUT2D eigenvalue weighted by Gasteiger charge is -2.22. The summed E-state index contributed by atoms with van der Waals surface area (Å²) in [4.78, 5) is 31.8. The van der Waals surface area contributed by atoms with Gasteiger partial charge in [-0.3, -0.25) is 9.69 Å². The van der Waals surface area contributed by atoms with Gasteiger partial charge in [0.25, 0.3) is 5.91 Å². The standard InChI is InChI=1S/C26H23N3O3/c1-16-8-11-22(17(2)12-16)23-27-21(15-32-23)14-29-24(30)26(3,28-25(29)31)20-10-9-18-6-4-5-7-19(18)13-20/h4-13,15H,14H2,1-3H3,(H,28,31)/t26-/m0/s1. The van der Waals surface area contributed by atoms with Gasteiger partial charge in [-0.2, -0.15) is 0 Å². The minimum atomic E-state index is -1.14. The number of rotatable bonds is 4. The number of nitrogens with zero attached hydrogens (tertiary/aromatic N) is 2. The first-order valence-corrected chi connectivity index (χ1v) is 10.5. The van der Waals surface area contributed by atoms with E-state index >= 15 is 0 Å². The molecule has 32 heavy (non-hydrogen) atoms. The van der Waals surface area contributed by atoms with Crippen LogP contribution in [0.3, 0.4) is 0 Å². The van der Waals surface area contributed by atoms with Crippen molar-refractivity contribution in [3.63, 3.8) is 0 Å². The molecular formula is C26H23N3O3. The van der Waals surface area contributed by atoms with Gasteiger partial charge in [-0.05, 0) is 54.8 Å². The summed E-state index contributed by atoms with van der Waals surface area (Å²) in [5, 5.41) is 4.96. The van der Waals surface area contributed by atoms with Crippen molar-refractivity contribution in [1.82, 2.24) is 15.2 Å². The minimum Gasteiger partial charge on any atom is -0.444 e. The lowest BCUT2D eigenvalue weighted by atomic mass is 9.90. The average Bonchev–Trinajstić information content (AvgIpc) is 3.32. The summed E-state index contributed by atoms with van der Waals surface area (Å²) in [6.07, 6.45) is 1.50. The molecule has 3 amide bonds. The van der Waals surface area contributed by atoms with E-state index in [-0.39, 0.29) is 12.5 Å². The van der Waals surface area contributed by atoms with Crippen LogP contribution in [-0.4, -0.2) is 21.8 Å². The summed E-state index contributed by atoms with van der Waals surface area (Å²) in [6, 6.07) is 19.3. The molecule has 0 radical (unpaired) electrons. The molecule has 160 valence electrons. The third kappa shape index (κ3) is 3.24. The predicted octanol–water partition coefficient (Wildman–Crippen LogP) is 5.08. The second kappa shape index (κ2) is 7.34. The zero-order valence-electron chi connectivity index (χ0n) is 18.2. The molecule has 5 rings (SSSR count). The van der Waals surface area contributed by atoms with Crippen LogP contribution in [0.5, 0.6) is 0 Å². The molecule has 3 aromatic carbocycles. The summed E-state index contributed by atoms with van der Waals surface area (Å²) < 4.78 is 5.66. The Morgan fingerprint density at radius 1 is 1.00 bits per heavy atom. The maximum Gasteiger partial charge on any atom is 0.325 e. The molecule has 0 unspecified atom stereocenters. The SMILES string of the molecule is Cc1ccc(-c2nc(CN3C(=O)N[C@@](C)(c4ccc5ccccc5c4)C3=O)co2)c(C)c1. The largest absolute Gasteiger partial charge is 0.444 e. The Kier molecular flexibility index (Phi) is 4.59. The number of nitrogens with one attached hydrogen (secondary N) is 1. The van der Waals surface area contributed by atoms with E-state index in [0.29, 0.717) is 11.6 Å². The summed E-state index contributed by atoms with van der Waals surface area (Å²) in [5.41, 5.74) is 3.23. The molecule has 1 fully saturated rings. The molecular weight excluding hydrogens is 402 g/mol. The Balaban J connectivity index is 1.41. The molecule has 1 aliphatic heterocycles. The molecule has 6 nitrogen and oxygen atoms in total. The summed E-state index contributed by atoms with van der Waals surface area (Å²) >= 11 is 0. The smallest absolute Gasteiger partial charge is 0.325 e. The van der Waals surface area contributed by atoms with E-state index in [4.69, 9.17) is 4.42 Å². The van der Waals surface area contributed by atoms with Crippen LogP contribution in [0.25, 0.3) is 22.2 Å². The molecule has 1 saturated heterocycles. The van der Waals surface area contributed by atoms with Gasteiger partial charge < -0.3 is 9.73 Å². The Hall–Kier alpha value is -3.93. The van der Waals surface area contributed by atoms with Gasteiger partial charge in [-0.15, -0.1) is 0 Å². The number of hydrogen-bond donors (Lipinski definition) is 1. The fraction of sp³-hybridized carbons (Fsp3) is 0.192. The van der Waals surface area contributed by atoms with Gasteiger partial charge in [-0.25, -0.2) is 9.78 Å². The van der Waals surface area contributed by atoms with Crippen molar-refractivity contribution in [1.29, 1.82) is 0 Å². The fourth-order valence-electron chi connectivity index (χ4n) is 4.26. The first-order valence-electron chi connectivity index (χ1n) is 10.5. The third-order valence-electron chi connectivity index (χ3n) is 6.09. The zero-order chi connectivity index (χ0) is 22.5. The van der Waals surface area contributed by atoms with Gasteiger partial charge in [0.15, 0.2) is 0 Å². The molecule has 0 aliphatic carbocycles. The number of carbonyl (C=O) groups excluding carboxylic acids is 2. The lowest BCUT2D eigenvalue weighted by Crippen LogP contribution is -2.40. The van der Waals surface area contributed by atoms with Crippen LogP contribution < -0.4 is 5.32 Å². The van der Waals surface area contributed by atoms with E-state index in [2.05, 4.69) is 16.4 Å². The van der Waals surface area contributed by atoms with Crippen LogP contribution in [0, 0.1) is 13.8 Å². The second-order valence-electron chi connectivity index (χ2n) is 8.47. The van der Waals surface area contributed by atoms with E-state index in [1.807, 2.05) is 68.4 Å². The van der Waals surface area contributed by atoms with Crippen molar-refractivity contribution < 1.29 is 14.0 Å². The van der Waals surface area contributed by atoms with E-state index in [9.17, 15) is 9.59 Å². The highest BCUT2D eigenvalue weighted by atomic mass is 16.3. The highest BCUT2D eigenvalue weighted by Crippen LogP contribution is 2.32. The Labute approximate surface area is 185 Å². The number of aryl methyl sites for hydroxylation is 2. The van der Waals surface area contributed by atoms with Gasteiger partial charge in [0.05, 0.1) is 12.2 Å². The molecule has 4 aromatic rings. The number of fused-ring (bicyclic) bond motifs is 1. The summed E-state index contributed by atoms with van der Waals surface area (Å²) in [7, 11) is 0. The topological polar surface area (TPSA) is 75.4 Å². The predicted molar refractivity (Wildman–Crippen MR) is 122 cm³/mol. The molecule has 1 aliphatic rings. The van der Waals surface area contributed by atoms with Gasteiger partial charge in [0, 0.05) is 5.56 Å². The van der Waals surface area contributed by atoms with Gasteiger partial charge in [-0.1, -0.05) is 54.1 Å². The maximum atomic E-state index is 13.3.